The maximum Gasteiger partial charge on any atom is 0.141 e. The standard InChI is InChI=1S/C22H24Cl2N4S/c1-14-2-5-19-17(10-14)20-21(25-13-26-22(20)29-19)28-8-6-27(7-9-28)12-15-3-4-16(23)11-18(15)24/h3-4,11,13-14H,2,5-10,12H2,1H3. The second kappa shape index (κ2) is 8.03. The molecule has 7 heteroatoms. The summed E-state index contributed by atoms with van der Waals surface area (Å²) in [5.74, 6) is 1.88. The van der Waals surface area contributed by atoms with Crippen molar-refractivity contribution in [3.05, 3.63) is 50.6 Å². The average molecular weight is 447 g/mol. The van der Waals surface area contributed by atoms with Crippen LogP contribution in [0, 0.1) is 5.92 Å². The van der Waals surface area contributed by atoms with Crippen LogP contribution in [0.4, 0.5) is 5.82 Å². The van der Waals surface area contributed by atoms with Gasteiger partial charge in [0.05, 0.1) is 5.39 Å². The summed E-state index contributed by atoms with van der Waals surface area (Å²) in [6, 6.07) is 5.77. The first-order valence-electron chi connectivity index (χ1n) is 10.2. The van der Waals surface area contributed by atoms with Crippen molar-refractivity contribution in [3.8, 4) is 0 Å². The number of halogens is 2. The minimum absolute atomic E-state index is 0.685. The van der Waals surface area contributed by atoms with Gasteiger partial charge in [0.2, 0.25) is 0 Å². The highest BCUT2D eigenvalue weighted by molar-refractivity contribution is 7.19. The zero-order valence-corrected chi connectivity index (χ0v) is 18.8. The van der Waals surface area contributed by atoms with E-state index in [4.69, 9.17) is 28.2 Å². The second-order valence-corrected chi connectivity index (χ2v) is 10.2. The van der Waals surface area contributed by atoms with Crippen LogP contribution in [-0.2, 0) is 19.4 Å². The van der Waals surface area contributed by atoms with Crippen LogP contribution < -0.4 is 4.90 Å². The van der Waals surface area contributed by atoms with Crippen molar-refractivity contribution in [2.45, 2.75) is 32.7 Å². The Morgan fingerprint density at radius 2 is 1.97 bits per heavy atom. The van der Waals surface area contributed by atoms with E-state index in [2.05, 4.69) is 21.7 Å². The molecule has 1 unspecified atom stereocenters. The van der Waals surface area contributed by atoms with E-state index in [0.717, 1.165) is 66.3 Å². The van der Waals surface area contributed by atoms with Crippen LogP contribution in [-0.4, -0.2) is 41.0 Å². The number of thiophene rings is 1. The van der Waals surface area contributed by atoms with Gasteiger partial charge in [0, 0.05) is 47.6 Å². The molecule has 2 aromatic heterocycles. The molecule has 1 saturated heterocycles. The third-order valence-corrected chi connectivity index (χ3v) is 7.94. The lowest BCUT2D eigenvalue weighted by Gasteiger charge is -2.36. The molecule has 29 heavy (non-hydrogen) atoms. The molecule has 0 amide bonds. The summed E-state index contributed by atoms with van der Waals surface area (Å²) in [4.78, 5) is 16.9. The number of hydrogen-bond acceptors (Lipinski definition) is 5. The maximum atomic E-state index is 6.37. The number of rotatable bonds is 3. The predicted octanol–water partition coefficient (Wildman–Crippen LogP) is 5.45. The molecule has 1 aromatic carbocycles. The fraction of sp³-hybridized carbons (Fsp3) is 0.455. The monoisotopic (exact) mass is 446 g/mol. The molecule has 4 nitrogen and oxygen atoms in total. The third kappa shape index (κ3) is 3.86. The Hall–Kier alpha value is -1.40. The highest BCUT2D eigenvalue weighted by Gasteiger charge is 2.26. The molecule has 0 spiro atoms. The van der Waals surface area contributed by atoms with Gasteiger partial charge in [-0.3, -0.25) is 4.90 Å². The van der Waals surface area contributed by atoms with E-state index in [-0.39, 0.29) is 0 Å². The molecular weight excluding hydrogens is 423 g/mol. The van der Waals surface area contributed by atoms with Gasteiger partial charge >= 0.3 is 0 Å². The van der Waals surface area contributed by atoms with Crippen molar-refractivity contribution in [1.82, 2.24) is 14.9 Å². The molecule has 3 heterocycles. The van der Waals surface area contributed by atoms with E-state index < -0.39 is 0 Å². The highest BCUT2D eigenvalue weighted by Crippen LogP contribution is 2.40. The van der Waals surface area contributed by atoms with Crippen LogP contribution in [0.2, 0.25) is 10.0 Å². The van der Waals surface area contributed by atoms with E-state index in [1.165, 1.54) is 28.7 Å². The summed E-state index contributed by atoms with van der Waals surface area (Å²) in [6.07, 6.45) is 5.37. The van der Waals surface area contributed by atoms with Crippen LogP contribution in [0.5, 0.6) is 0 Å². The maximum absolute atomic E-state index is 6.37. The average Bonchev–Trinajstić information content (AvgIpc) is 3.09. The largest absolute Gasteiger partial charge is 0.353 e. The van der Waals surface area contributed by atoms with Gasteiger partial charge in [0.1, 0.15) is 17.0 Å². The Morgan fingerprint density at radius 3 is 2.76 bits per heavy atom. The number of benzene rings is 1. The fourth-order valence-corrected chi connectivity index (χ4v) is 6.16. The Bertz CT molecular complexity index is 1040. The first-order chi connectivity index (χ1) is 14.1. The SMILES string of the molecule is CC1CCc2sc3ncnc(N4CCN(Cc5ccc(Cl)cc5Cl)CC4)c3c2C1. The molecule has 5 rings (SSSR count). The number of piperazine rings is 1. The van der Waals surface area contributed by atoms with Gasteiger partial charge in [0.15, 0.2) is 0 Å². The number of aryl methyl sites for hydroxylation is 1. The van der Waals surface area contributed by atoms with Crippen LogP contribution in [0.3, 0.4) is 0 Å². The topological polar surface area (TPSA) is 32.3 Å². The lowest BCUT2D eigenvalue weighted by Crippen LogP contribution is -2.46. The first kappa shape index (κ1) is 19.6. The number of hydrogen-bond donors (Lipinski definition) is 0. The molecule has 1 atom stereocenters. The number of fused-ring (bicyclic) bond motifs is 3. The zero-order chi connectivity index (χ0) is 20.0. The smallest absolute Gasteiger partial charge is 0.141 e. The molecule has 0 bridgehead atoms. The summed E-state index contributed by atoms with van der Waals surface area (Å²) in [5.41, 5.74) is 2.64. The number of aromatic nitrogens is 2. The minimum atomic E-state index is 0.685. The lowest BCUT2D eigenvalue weighted by molar-refractivity contribution is 0.249. The molecule has 0 saturated carbocycles. The molecule has 1 aliphatic carbocycles. The molecule has 1 aliphatic heterocycles. The molecule has 152 valence electrons. The van der Waals surface area contributed by atoms with Crippen LogP contribution in [0.15, 0.2) is 24.5 Å². The second-order valence-electron chi connectivity index (χ2n) is 8.23. The Morgan fingerprint density at radius 1 is 1.14 bits per heavy atom. The van der Waals surface area contributed by atoms with Crippen LogP contribution in [0.1, 0.15) is 29.3 Å². The summed E-state index contributed by atoms with van der Waals surface area (Å²) < 4.78 is 0. The van der Waals surface area contributed by atoms with Crippen LogP contribution in [0.25, 0.3) is 10.2 Å². The van der Waals surface area contributed by atoms with Gasteiger partial charge in [0.25, 0.3) is 0 Å². The van der Waals surface area contributed by atoms with Gasteiger partial charge in [-0.25, -0.2) is 9.97 Å². The summed E-state index contributed by atoms with van der Waals surface area (Å²) in [7, 11) is 0. The van der Waals surface area contributed by atoms with Gasteiger partial charge in [-0.15, -0.1) is 11.3 Å². The zero-order valence-electron chi connectivity index (χ0n) is 16.5. The quantitative estimate of drug-likeness (QED) is 0.535. The Labute approximate surface area is 185 Å². The van der Waals surface area contributed by atoms with E-state index in [1.807, 2.05) is 29.5 Å². The Balaban J connectivity index is 1.34. The number of nitrogens with zero attached hydrogens (tertiary/aromatic N) is 4. The normalized spacial score (nSPS) is 20.2. The van der Waals surface area contributed by atoms with Gasteiger partial charge in [-0.05, 0) is 48.4 Å². The summed E-state index contributed by atoms with van der Waals surface area (Å²) in [6.45, 7) is 7.14. The van der Waals surface area contributed by atoms with E-state index >= 15 is 0 Å². The van der Waals surface area contributed by atoms with Crippen LogP contribution >= 0.6 is 34.5 Å². The third-order valence-electron chi connectivity index (χ3n) is 6.15. The molecular formula is C22H24Cl2N4S. The Kier molecular flexibility index (Phi) is 5.41. The van der Waals surface area contributed by atoms with Gasteiger partial charge in [-0.2, -0.15) is 0 Å². The van der Waals surface area contributed by atoms with E-state index in [0.29, 0.717) is 5.02 Å². The minimum Gasteiger partial charge on any atom is -0.353 e. The highest BCUT2D eigenvalue weighted by atomic mass is 35.5. The molecule has 1 fully saturated rings. The fourth-order valence-electron chi connectivity index (χ4n) is 4.51. The molecule has 0 radical (unpaired) electrons. The molecule has 3 aromatic rings. The van der Waals surface area contributed by atoms with Crippen molar-refractivity contribution in [1.29, 1.82) is 0 Å². The van der Waals surface area contributed by atoms with Crippen molar-refractivity contribution in [2.24, 2.45) is 5.92 Å². The predicted molar refractivity (Wildman–Crippen MR) is 123 cm³/mol. The lowest BCUT2D eigenvalue weighted by atomic mass is 9.88. The van der Waals surface area contributed by atoms with Gasteiger partial charge in [-0.1, -0.05) is 36.2 Å². The van der Waals surface area contributed by atoms with E-state index in [1.54, 1.807) is 6.33 Å². The van der Waals surface area contributed by atoms with Crippen molar-refractivity contribution in [3.63, 3.8) is 0 Å². The van der Waals surface area contributed by atoms with Crippen molar-refractivity contribution >= 4 is 50.6 Å². The summed E-state index contributed by atoms with van der Waals surface area (Å²) in [5, 5.41) is 2.74. The van der Waals surface area contributed by atoms with E-state index in [9.17, 15) is 0 Å². The molecule has 0 N–H and O–H groups in total. The summed E-state index contributed by atoms with van der Waals surface area (Å²) >= 11 is 14.3. The molecule has 2 aliphatic rings. The van der Waals surface area contributed by atoms with Gasteiger partial charge < -0.3 is 4.90 Å². The first-order valence-corrected chi connectivity index (χ1v) is 11.8. The van der Waals surface area contributed by atoms with Crippen molar-refractivity contribution < 1.29 is 0 Å². The van der Waals surface area contributed by atoms with Crippen molar-refractivity contribution in [2.75, 3.05) is 31.1 Å². The number of anilines is 1.